The summed E-state index contributed by atoms with van der Waals surface area (Å²) in [6.07, 6.45) is 3.50. The number of hydrogen-bond acceptors (Lipinski definition) is 5. The van der Waals surface area contributed by atoms with Crippen molar-refractivity contribution in [1.82, 2.24) is 15.0 Å². The third kappa shape index (κ3) is 4.50. The van der Waals surface area contributed by atoms with Crippen LogP contribution in [0.2, 0.25) is 0 Å². The van der Waals surface area contributed by atoms with Crippen molar-refractivity contribution in [3.8, 4) is 28.6 Å². The predicted octanol–water partition coefficient (Wildman–Crippen LogP) is 6.57. The smallest absolute Gasteiger partial charge is 0.310 e. The van der Waals surface area contributed by atoms with Crippen LogP contribution in [0, 0.1) is 18.6 Å². The number of nitrogens with zero attached hydrogens (tertiary/aromatic N) is 1. The van der Waals surface area contributed by atoms with Gasteiger partial charge in [0.1, 0.15) is 29.7 Å². The number of benzene rings is 3. The number of para-hydroxylation sites is 1. The Morgan fingerprint density at radius 2 is 2.03 bits per heavy atom. The lowest BCUT2D eigenvalue weighted by Gasteiger charge is -2.12. The van der Waals surface area contributed by atoms with E-state index in [1.165, 1.54) is 24.3 Å². The number of halogens is 2. The van der Waals surface area contributed by atoms with Gasteiger partial charge in [0.2, 0.25) is 0 Å². The summed E-state index contributed by atoms with van der Waals surface area (Å²) in [5, 5.41) is 0.842. The zero-order valence-corrected chi connectivity index (χ0v) is 21.3. The fraction of sp³-hybridized carbons (Fsp3) is 0.200. The number of imidazole rings is 1. The van der Waals surface area contributed by atoms with Crippen LogP contribution in [0.4, 0.5) is 8.78 Å². The van der Waals surface area contributed by atoms with E-state index in [0.717, 1.165) is 22.2 Å². The maximum atomic E-state index is 14.9. The lowest BCUT2D eigenvalue weighted by atomic mass is 9.96. The van der Waals surface area contributed by atoms with E-state index >= 15 is 0 Å². The fourth-order valence-corrected chi connectivity index (χ4v) is 5.04. The van der Waals surface area contributed by atoms with Gasteiger partial charge in [-0.15, -0.1) is 0 Å². The molecule has 0 saturated heterocycles. The molecule has 39 heavy (non-hydrogen) atoms. The molecule has 1 aliphatic heterocycles. The Morgan fingerprint density at radius 1 is 1.15 bits per heavy atom. The molecule has 5 aromatic rings. The molecular formula is C30H25F2N3O4. The summed E-state index contributed by atoms with van der Waals surface area (Å²) in [6, 6.07) is 13.1. The van der Waals surface area contributed by atoms with Gasteiger partial charge < -0.3 is 24.2 Å². The molecule has 0 radical (unpaired) electrons. The second-order valence-corrected chi connectivity index (χ2v) is 9.36. The van der Waals surface area contributed by atoms with Gasteiger partial charge in [0.15, 0.2) is 11.6 Å². The highest BCUT2D eigenvalue weighted by Crippen LogP contribution is 2.41. The molecule has 0 fully saturated rings. The minimum atomic E-state index is -0.518. The Kier molecular flexibility index (Phi) is 6.26. The van der Waals surface area contributed by atoms with Crippen LogP contribution >= 0.6 is 0 Å². The van der Waals surface area contributed by atoms with E-state index in [4.69, 9.17) is 14.2 Å². The number of carbonyl (C=O) groups excluding carboxylic acids is 1. The number of hydrogen-bond donors (Lipinski definition) is 2. The third-order valence-electron chi connectivity index (χ3n) is 6.93. The van der Waals surface area contributed by atoms with Crippen molar-refractivity contribution in [2.24, 2.45) is 0 Å². The summed E-state index contributed by atoms with van der Waals surface area (Å²) in [5.74, 6) is -0.180. The minimum absolute atomic E-state index is 0.0816. The number of ether oxygens (including phenoxy) is 3. The molecule has 7 nitrogen and oxygen atoms in total. The van der Waals surface area contributed by atoms with Crippen LogP contribution in [-0.4, -0.2) is 34.1 Å². The topological polar surface area (TPSA) is 89.2 Å². The molecule has 0 amide bonds. The fourth-order valence-electron chi connectivity index (χ4n) is 5.04. The molecule has 2 N–H and O–H groups in total. The van der Waals surface area contributed by atoms with Crippen molar-refractivity contribution >= 4 is 16.9 Å². The number of aryl methyl sites for hydroxylation is 1. The number of nitrogens with one attached hydrogen (secondary N) is 2. The number of rotatable bonds is 7. The van der Waals surface area contributed by atoms with E-state index in [1.807, 2.05) is 24.3 Å². The van der Waals surface area contributed by atoms with Crippen molar-refractivity contribution in [1.29, 1.82) is 0 Å². The van der Waals surface area contributed by atoms with E-state index in [-0.39, 0.29) is 35.4 Å². The summed E-state index contributed by atoms with van der Waals surface area (Å²) in [7, 11) is 0. The summed E-state index contributed by atoms with van der Waals surface area (Å²) in [4.78, 5) is 22.6. The molecule has 3 heterocycles. The van der Waals surface area contributed by atoms with Crippen molar-refractivity contribution < 1.29 is 27.8 Å². The summed E-state index contributed by atoms with van der Waals surface area (Å²) in [5.41, 5.74) is 3.91. The molecule has 1 aliphatic rings. The van der Waals surface area contributed by atoms with E-state index in [0.29, 0.717) is 35.9 Å². The van der Waals surface area contributed by atoms with E-state index in [2.05, 4.69) is 15.0 Å². The quantitative estimate of drug-likeness (QED) is 0.233. The zero-order valence-electron chi connectivity index (χ0n) is 21.3. The molecule has 1 atom stereocenters. The number of H-pyrrole nitrogens is 2. The van der Waals surface area contributed by atoms with Gasteiger partial charge in [-0.05, 0) is 38.1 Å². The number of aromatic amines is 2. The molecule has 6 rings (SSSR count). The van der Waals surface area contributed by atoms with Gasteiger partial charge in [-0.3, -0.25) is 4.79 Å². The number of carbonyl (C=O) groups is 1. The van der Waals surface area contributed by atoms with Crippen LogP contribution in [0.15, 0.2) is 60.9 Å². The Balaban J connectivity index is 1.28. The molecule has 3 aromatic carbocycles. The third-order valence-corrected chi connectivity index (χ3v) is 6.93. The molecule has 1 unspecified atom stereocenters. The highest BCUT2D eigenvalue weighted by molar-refractivity contribution is 5.85. The first kappa shape index (κ1) is 24.7. The van der Waals surface area contributed by atoms with Crippen LogP contribution in [0.25, 0.3) is 22.3 Å². The number of aromatic nitrogens is 3. The van der Waals surface area contributed by atoms with E-state index < -0.39 is 11.6 Å². The van der Waals surface area contributed by atoms with Gasteiger partial charge in [-0.25, -0.2) is 13.8 Å². The Labute approximate surface area is 222 Å². The van der Waals surface area contributed by atoms with Gasteiger partial charge >= 0.3 is 5.97 Å². The lowest BCUT2D eigenvalue weighted by molar-refractivity contribution is -0.142. The highest BCUT2D eigenvalue weighted by Gasteiger charge is 2.30. The zero-order chi connectivity index (χ0) is 27.1. The van der Waals surface area contributed by atoms with Crippen LogP contribution in [0.3, 0.4) is 0 Å². The number of fused-ring (bicyclic) bond motifs is 2. The van der Waals surface area contributed by atoms with Crippen LogP contribution in [0.1, 0.15) is 35.2 Å². The summed E-state index contributed by atoms with van der Waals surface area (Å²) in [6.45, 7) is 4.20. The average molecular weight is 530 g/mol. The van der Waals surface area contributed by atoms with Gasteiger partial charge in [-0.2, -0.15) is 0 Å². The molecule has 2 aromatic heterocycles. The largest absolute Gasteiger partial charge is 0.492 e. The average Bonchev–Trinajstić information content (AvgIpc) is 3.67. The summed E-state index contributed by atoms with van der Waals surface area (Å²) >= 11 is 0. The lowest BCUT2D eigenvalue weighted by Crippen LogP contribution is -2.08. The minimum Gasteiger partial charge on any atom is -0.492 e. The van der Waals surface area contributed by atoms with Gasteiger partial charge in [0, 0.05) is 51.7 Å². The molecule has 0 saturated carbocycles. The van der Waals surface area contributed by atoms with E-state index in [9.17, 15) is 13.6 Å². The van der Waals surface area contributed by atoms with Gasteiger partial charge in [-0.1, -0.05) is 18.2 Å². The Morgan fingerprint density at radius 3 is 2.87 bits per heavy atom. The van der Waals surface area contributed by atoms with Crippen LogP contribution < -0.4 is 9.47 Å². The maximum Gasteiger partial charge on any atom is 0.310 e. The van der Waals surface area contributed by atoms with Crippen molar-refractivity contribution in [3.63, 3.8) is 0 Å². The number of esters is 1. The maximum absolute atomic E-state index is 14.9. The van der Waals surface area contributed by atoms with Gasteiger partial charge in [0.25, 0.3) is 0 Å². The molecule has 0 bridgehead atoms. The normalized spacial score (nSPS) is 14.3. The SMILES string of the molecule is CCOC(=O)Cc1cccc2c1OCC2c1cnc(-c2cc(Oc3c(F)cc4[nH]ccc4c3C)ccc2F)[nH]1. The highest BCUT2D eigenvalue weighted by atomic mass is 19.1. The second kappa shape index (κ2) is 9.90. The first-order valence-electron chi connectivity index (χ1n) is 12.6. The van der Waals surface area contributed by atoms with Gasteiger partial charge in [0.05, 0.1) is 24.5 Å². The first-order valence-corrected chi connectivity index (χ1v) is 12.6. The van der Waals surface area contributed by atoms with Crippen molar-refractivity contribution in [2.45, 2.75) is 26.2 Å². The second-order valence-electron chi connectivity index (χ2n) is 9.36. The van der Waals surface area contributed by atoms with Crippen LogP contribution in [-0.2, 0) is 16.0 Å². The van der Waals surface area contributed by atoms with Crippen molar-refractivity contribution in [3.05, 3.63) is 94.9 Å². The van der Waals surface area contributed by atoms with Crippen LogP contribution in [0.5, 0.6) is 17.2 Å². The Hall–Kier alpha value is -4.66. The monoisotopic (exact) mass is 529 g/mol. The molecular weight excluding hydrogens is 504 g/mol. The molecule has 0 spiro atoms. The predicted molar refractivity (Wildman–Crippen MR) is 141 cm³/mol. The van der Waals surface area contributed by atoms with Crippen molar-refractivity contribution in [2.75, 3.05) is 13.2 Å². The molecule has 0 aliphatic carbocycles. The van der Waals surface area contributed by atoms with E-state index in [1.54, 1.807) is 26.2 Å². The first-order chi connectivity index (χ1) is 18.9. The molecule has 9 heteroatoms. The Bertz CT molecular complexity index is 1710. The standard InChI is InChI=1S/C30H25F2N3O4/c1-3-37-27(36)11-17-5-4-6-20-22(15-38-29(17)20)26-14-34-30(35-26)21-12-18(7-8-23(21)31)39-28-16(2)19-9-10-33-25(19)13-24(28)32/h4-10,12-14,22,33H,3,11,15H2,1-2H3,(H,34,35). The molecule has 198 valence electrons. The summed E-state index contributed by atoms with van der Waals surface area (Å²) < 4.78 is 46.7.